The Morgan fingerprint density at radius 1 is 1.23 bits per heavy atom. The Morgan fingerprint density at radius 3 is 2.67 bits per heavy atom. The van der Waals surface area contributed by atoms with Gasteiger partial charge in [-0.2, -0.15) is 0 Å². The maximum atomic E-state index is 13.0. The lowest BCUT2D eigenvalue weighted by atomic mass is 9.97. The first kappa shape index (κ1) is 22.5. The zero-order chi connectivity index (χ0) is 21.5. The number of halogens is 1. The van der Waals surface area contributed by atoms with Crippen molar-refractivity contribution in [2.45, 2.75) is 44.7 Å². The number of nitrogens with zero attached hydrogens (tertiary/aromatic N) is 2. The molecule has 7 nitrogen and oxygen atoms in total. The molecule has 30 heavy (non-hydrogen) atoms. The summed E-state index contributed by atoms with van der Waals surface area (Å²) >= 11 is 7.47. The minimum atomic E-state index is -0.550. The number of likely N-dealkylation sites (tertiary alicyclic amines) is 1. The van der Waals surface area contributed by atoms with E-state index >= 15 is 0 Å². The van der Waals surface area contributed by atoms with Crippen LogP contribution in [-0.2, 0) is 16.1 Å². The molecule has 0 bridgehead atoms. The molecule has 4 N–H and O–H groups in total. The first-order valence-electron chi connectivity index (χ1n) is 10.2. The van der Waals surface area contributed by atoms with Gasteiger partial charge in [0.15, 0.2) is 5.13 Å². The topological polar surface area (TPSA) is 100 Å². The second kappa shape index (κ2) is 10.7. The lowest BCUT2D eigenvalue weighted by Crippen LogP contribution is -2.48. The third-order valence-electron chi connectivity index (χ3n) is 5.37. The molecule has 0 radical (unpaired) electrons. The van der Waals surface area contributed by atoms with E-state index in [0.717, 1.165) is 36.4 Å². The predicted molar refractivity (Wildman–Crippen MR) is 120 cm³/mol. The summed E-state index contributed by atoms with van der Waals surface area (Å²) in [7, 11) is 0. The molecular weight excluding hydrogens is 422 g/mol. The van der Waals surface area contributed by atoms with E-state index in [1.165, 1.54) is 17.8 Å². The predicted octanol–water partition coefficient (Wildman–Crippen LogP) is 2.77. The van der Waals surface area contributed by atoms with E-state index in [4.69, 9.17) is 17.3 Å². The Bertz CT molecular complexity index is 869. The standard InChI is InChI=1S/C21H28ClN5O2S/c1-14(27-8-3-2-4-9-27)19(28)25-13-18(15-6-5-7-16(22)10-15)20(29)24-11-17-12-26-21(23)30-17/h5-7,10,12,14,18H,2-4,8-9,11,13H2,1H3,(H2,23,26)(H,24,29)(H,25,28)/t14-,18-/m0/s1. The molecule has 1 saturated heterocycles. The molecule has 1 aliphatic heterocycles. The van der Waals surface area contributed by atoms with Crippen LogP contribution >= 0.6 is 22.9 Å². The average Bonchev–Trinajstić information content (AvgIpc) is 3.17. The van der Waals surface area contributed by atoms with Crippen molar-refractivity contribution in [3.05, 3.63) is 45.9 Å². The fraction of sp³-hybridized carbons (Fsp3) is 0.476. The second-order valence-corrected chi connectivity index (χ2v) is 9.09. The van der Waals surface area contributed by atoms with Gasteiger partial charge in [0.05, 0.1) is 18.5 Å². The Morgan fingerprint density at radius 2 is 2.00 bits per heavy atom. The highest BCUT2D eigenvalue weighted by Crippen LogP contribution is 2.21. The molecular formula is C21H28ClN5O2S. The second-order valence-electron chi connectivity index (χ2n) is 7.51. The van der Waals surface area contributed by atoms with Gasteiger partial charge in [0.25, 0.3) is 0 Å². The van der Waals surface area contributed by atoms with Crippen molar-refractivity contribution in [2.75, 3.05) is 25.4 Å². The Hall–Kier alpha value is -2.16. The highest BCUT2D eigenvalue weighted by Gasteiger charge is 2.26. The normalized spacial score (nSPS) is 16.6. The van der Waals surface area contributed by atoms with Crippen LogP contribution in [0.3, 0.4) is 0 Å². The molecule has 2 atom stereocenters. The van der Waals surface area contributed by atoms with Crippen molar-refractivity contribution in [1.82, 2.24) is 20.5 Å². The molecule has 9 heteroatoms. The van der Waals surface area contributed by atoms with Gasteiger partial charge in [-0.15, -0.1) is 11.3 Å². The van der Waals surface area contributed by atoms with Crippen LogP contribution in [0.15, 0.2) is 30.5 Å². The number of thiazole rings is 1. The quantitative estimate of drug-likeness (QED) is 0.575. The summed E-state index contributed by atoms with van der Waals surface area (Å²) < 4.78 is 0. The molecule has 2 heterocycles. The van der Waals surface area contributed by atoms with Crippen LogP contribution in [0.2, 0.25) is 5.02 Å². The Labute approximate surface area is 186 Å². The van der Waals surface area contributed by atoms with Gasteiger partial charge >= 0.3 is 0 Å². The lowest BCUT2D eigenvalue weighted by molar-refractivity contribution is -0.126. The van der Waals surface area contributed by atoms with Crippen LogP contribution in [0, 0.1) is 0 Å². The van der Waals surface area contributed by atoms with Crippen molar-refractivity contribution in [3.8, 4) is 0 Å². The molecule has 162 valence electrons. The molecule has 0 saturated carbocycles. The Balaban J connectivity index is 1.64. The SMILES string of the molecule is C[C@@H](C(=O)NC[C@H](C(=O)NCc1cnc(N)s1)c1cccc(Cl)c1)N1CCCCC1. The van der Waals surface area contributed by atoms with Crippen LogP contribution in [-0.4, -0.2) is 47.4 Å². The number of aromatic nitrogens is 1. The molecule has 0 spiro atoms. The van der Waals surface area contributed by atoms with E-state index in [-0.39, 0.29) is 24.4 Å². The number of nitrogens with one attached hydrogen (secondary N) is 2. The highest BCUT2D eigenvalue weighted by atomic mass is 35.5. The van der Waals surface area contributed by atoms with E-state index in [1.54, 1.807) is 24.4 Å². The van der Waals surface area contributed by atoms with Crippen molar-refractivity contribution < 1.29 is 9.59 Å². The minimum absolute atomic E-state index is 0.0630. The minimum Gasteiger partial charge on any atom is -0.375 e. The van der Waals surface area contributed by atoms with Crippen LogP contribution in [0.4, 0.5) is 5.13 Å². The molecule has 2 amide bonds. The third-order valence-corrected chi connectivity index (χ3v) is 6.44. The molecule has 1 aromatic heterocycles. The first-order chi connectivity index (χ1) is 14.4. The third kappa shape index (κ3) is 6.17. The number of carbonyl (C=O) groups excluding carboxylic acids is 2. The van der Waals surface area contributed by atoms with E-state index in [2.05, 4.69) is 20.5 Å². The molecule has 0 aliphatic carbocycles. The maximum Gasteiger partial charge on any atom is 0.237 e. The van der Waals surface area contributed by atoms with Gasteiger partial charge in [-0.3, -0.25) is 14.5 Å². The van der Waals surface area contributed by atoms with Gasteiger partial charge in [-0.05, 0) is 50.6 Å². The van der Waals surface area contributed by atoms with Gasteiger partial charge in [-0.25, -0.2) is 4.98 Å². The smallest absolute Gasteiger partial charge is 0.237 e. The van der Waals surface area contributed by atoms with Gasteiger partial charge in [0, 0.05) is 22.6 Å². The van der Waals surface area contributed by atoms with Gasteiger partial charge in [0.2, 0.25) is 11.8 Å². The molecule has 2 aromatic rings. The number of nitrogens with two attached hydrogens (primary N) is 1. The number of carbonyl (C=O) groups is 2. The zero-order valence-electron chi connectivity index (χ0n) is 17.1. The fourth-order valence-electron chi connectivity index (χ4n) is 3.61. The largest absolute Gasteiger partial charge is 0.375 e. The monoisotopic (exact) mass is 449 g/mol. The van der Waals surface area contributed by atoms with Crippen molar-refractivity contribution >= 4 is 39.9 Å². The number of hydrogen-bond acceptors (Lipinski definition) is 6. The molecule has 1 fully saturated rings. The maximum absolute atomic E-state index is 13.0. The van der Waals surface area contributed by atoms with E-state index in [9.17, 15) is 9.59 Å². The van der Waals surface area contributed by atoms with Crippen LogP contribution in [0.25, 0.3) is 0 Å². The highest BCUT2D eigenvalue weighted by molar-refractivity contribution is 7.15. The van der Waals surface area contributed by atoms with Gasteiger partial charge < -0.3 is 16.4 Å². The summed E-state index contributed by atoms with van der Waals surface area (Å²) in [6, 6.07) is 6.96. The summed E-state index contributed by atoms with van der Waals surface area (Å²) in [5.41, 5.74) is 6.41. The molecule has 1 aliphatic rings. The number of amides is 2. The van der Waals surface area contributed by atoms with Crippen molar-refractivity contribution in [3.63, 3.8) is 0 Å². The van der Waals surface area contributed by atoms with Crippen molar-refractivity contribution in [2.24, 2.45) is 0 Å². The number of benzene rings is 1. The summed E-state index contributed by atoms with van der Waals surface area (Å²) in [6.07, 6.45) is 5.10. The summed E-state index contributed by atoms with van der Waals surface area (Å²) in [4.78, 5) is 32.7. The number of anilines is 1. The fourth-order valence-corrected chi connectivity index (χ4v) is 4.43. The molecule has 0 unspecified atom stereocenters. The Kier molecular flexibility index (Phi) is 8.07. The summed E-state index contributed by atoms with van der Waals surface area (Å²) in [6.45, 7) is 4.33. The number of nitrogen functional groups attached to an aromatic ring is 1. The summed E-state index contributed by atoms with van der Waals surface area (Å²) in [5.74, 6) is -0.798. The number of rotatable bonds is 8. The first-order valence-corrected chi connectivity index (χ1v) is 11.4. The van der Waals surface area contributed by atoms with Gasteiger partial charge in [0.1, 0.15) is 0 Å². The average molecular weight is 450 g/mol. The molecule has 3 rings (SSSR count). The lowest BCUT2D eigenvalue weighted by Gasteiger charge is -2.31. The van der Waals surface area contributed by atoms with E-state index < -0.39 is 5.92 Å². The van der Waals surface area contributed by atoms with Gasteiger partial charge in [-0.1, -0.05) is 30.2 Å². The molecule has 1 aromatic carbocycles. The van der Waals surface area contributed by atoms with E-state index in [0.29, 0.717) is 16.7 Å². The van der Waals surface area contributed by atoms with Crippen LogP contribution < -0.4 is 16.4 Å². The van der Waals surface area contributed by atoms with Crippen LogP contribution in [0.1, 0.15) is 42.5 Å². The van der Waals surface area contributed by atoms with Crippen LogP contribution in [0.5, 0.6) is 0 Å². The number of piperidine rings is 1. The zero-order valence-corrected chi connectivity index (χ0v) is 18.6. The number of hydrogen-bond donors (Lipinski definition) is 3. The van der Waals surface area contributed by atoms with Crippen molar-refractivity contribution in [1.29, 1.82) is 0 Å². The van der Waals surface area contributed by atoms with E-state index in [1.807, 2.05) is 13.0 Å². The summed E-state index contributed by atoms with van der Waals surface area (Å²) in [5, 5.41) is 6.90.